The van der Waals surface area contributed by atoms with Gasteiger partial charge >= 0.3 is 0 Å². The maximum absolute atomic E-state index is 12.4. The van der Waals surface area contributed by atoms with Crippen LogP contribution in [-0.2, 0) is 23.1 Å². The fourth-order valence-corrected chi connectivity index (χ4v) is 3.53. The molecule has 0 saturated carbocycles. The average molecular weight is 398 g/mol. The maximum Gasteiger partial charge on any atom is 0.231 e. The van der Waals surface area contributed by atoms with Crippen molar-refractivity contribution in [1.29, 1.82) is 0 Å². The van der Waals surface area contributed by atoms with Crippen molar-refractivity contribution >= 4 is 23.5 Å². The van der Waals surface area contributed by atoms with Crippen LogP contribution in [0.2, 0.25) is 0 Å². The van der Waals surface area contributed by atoms with Crippen LogP contribution in [0.4, 0.5) is 0 Å². The lowest BCUT2D eigenvalue weighted by atomic mass is 10.0. The molecule has 1 amide bonds. The molecular weight excluding hydrogens is 376 g/mol. The highest BCUT2D eigenvalue weighted by molar-refractivity contribution is 7.99. The first kappa shape index (κ1) is 19.9. The summed E-state index contributed by atoms with van der Waals surface area (Å²) in [5.74, 6) is 1.30. The molecule has 7 nitrogen and oxygen atoms in total. The van der Waals surface area contributed by atoms with E-state index in [0.29, 0.717) is 17.4 Å². The Labute approximate surface area is 167 Å². The number of Topliss-reactive ketones (excluding diaryl/α,β-unsaturated/α-hetero) is 1. The molecule has 1 atom stereocenters. The van der Waals surface area contributed by atoms with Crippen molar-refractivity contribution in [2.24, 2.45) is 7.05 Å². The Morgan fingerprint density at radius 2 is 1.96 bits per heavy atom. The molecule has 0 bridgehead atoms. The highest BCUT2D eigenvalue weighted by Crippen LogP contribution is 2.25. The zero-order valence-electron chi connectivity index (χ0n) is 16.0. The monoisotopic (exact) mass is 398 g/mol. The number of rotatable bonds is 8. The molecule has 0 aliphatic heterocycles. The number of amides is 1. The molecule has 146 valence electrons. The predicted octanol–water partition coefficient (Wildman–Crippen LogP) is 2.79. The Hall–Kier alpha value is -2.87. The van der Waals surface area contributed by atoms with Gasteiger partial charge in [-0.1, -0.05) is 42.1 Å². The minimum absolute atomic E-state index is 0.0708. The van der Waals surface area contributed by atoms with E-state index in [2.05, 4.69) is 15.5 Å². The lowest BCUT2D eigenvalue weighted by molar-refractivity contribution is -0.125. The van der Waals surface area contributed by atoms with Crippen LogP contribution in [0.5, 0.6) is 0 Å². The molecular formula is C20H22N4O3S. The third-order valence-corrected chi connectivity index (χ3v) is 5.40. The van der Waals surface area contributed by atoms with Crippen LogP contribution in [0.25, 0.3) is 11.4 Å². The molecule has 8 heteroatoms. The molecule has 2 aromatic heterocycles. The van der Waals surface area contributed by atoms with Crippen molar-refractivity contribution in [1.82, 2.24) is 20.1 Å². The summed E-state index contributed by atoms with van der Waals surface area (Å²) in [6.07, 6.45) is 2.08. The molecule has 28 heavy (non-hydrogen) atoms. The Morgan fingerprint density at radius 3 is 2.61 bits per heavy atom. The van der Waals surface area contributed by atoms with E-state index in [-0.39, 0.29) is 17.4 Å². The standard InChI is InChI=1S/C20H22N4O3S/c1-13(25)17(11-15-7-5-4-6-8-15)21-18(26)12-28-20-23-22-19(24(20)3)16-9-10-27-14(16)2/h4-10,17H,11-12H2,1-3H3,(H,21,26)/t17-/m1/s1. The van der Waals surface area contributed by atoms with E-state index in [1.807, 2.05) is 54.9 Å². The van der Waals surface area contributed by atoms with Gasteiger partial charge in [0.1, 0.15) is 5.76 Å². The number of hydrogen-bond acceptors (Lipinski definition) is 6. The van der Waals surface area contributed by atoms with Crippen LogP contribution in [0, 0.1) is 6.92 Å². The van der Waals surface area contributed by atoms with Crippen molar-refractivity contribution < 1.29 is 14.0 Å². The first-order chi connectivity index (χ1) is 13.5. The maximum atomic E-state index is 12.4. The molecule has 0 radical (unpaired) electrons. The molecule has 1 N–H and O–H groups in total. The lowest BCUT2D eigenvalue weighted by Crippen LogP contribution is -2.42. The van der Waals surface area contributed by atoms with Crippen LogP contribution in [-0.4, -0.2) is 38.2 Å². The molecule has 0 fully saturated rings. The van der Waals surface area contributed by atoms with Crippen molar-refractivity contribution in [2.75, 3.05) is 5.75 Å². The van der Waals surface area contributed by atoms with Crippen LogP contribution in [0.3, 0.4) is 0 Å². The Balaban J connectivity index is 1.60. The van der Waals surface area contributed by atoms with Gasteiger partial charge in [0.2, 0.25) is 5.91 Å². The zero-order chi connectivity index (χ0) is 20.1. The van der Waals surface area contributed by atoms with Gasteiger partial charge in [0.05, 0.1) is 23.6 Å². The Morgan fingerprint density at radius 1 is 1.21 bits per heavy atom. The normalized spacial score (nSPS) is 12.0. The van der Waals surface area contributed by atoms with E-state index in [0.717, 1.165) is 16.9 Å². The summed E-state index contributed by atoms with van der Waals surface area (Å²) in [6, 6.07) is 10.9. The smallest absolute Gasteiger partial charge is 0.231 e. The number of aryl methyl sites for hydroxylation is 1. The van der Waals surface area contributed by atoms with Crippen molar-refractivity contribution in [3.05, 3.63) is 54.0 Å². The minimum atomic E-state index is -0.542. The van der Waals surface area contributed by atoms with Gasteiger partial charge in [-0.25, -0.2) is 0 Å². The number of benzene rings is 1. The van der Waals surface area contributed by atoms with Crippen LogP contribution in [0.15, 0.2) is 52.2 Å². The number of ketones is 1. The lowest BCUT2D eigenvalue weighted by Gasteiger charge is -2.16. The minimum Gasteiger partial charge on any atom is -0.469 e. The second kappa shape index (κ2) is 8.88. The van der Waals surface area contributed by atoms with Gasteiger partial charge in [-0.15, -0.1) is 10.2 Å². The van der Waals surface area contributed by atoms with Crippen molar-refractivity contribution in [3.63, 3.8) is 0 Å². The van der Waals surface area contributed by atoms with E-state index >= 15 is 0 Å². The topological polar surface area (TPSA) is 90.0 Å². The van der Waals surface area contributed by atoms with Crippen LogP contribution >= 0.6 is 11.8 Å². The van der Waals surface area contributed by atoms with E-state index in [1.165, 1.54) is 18.7 Å². The fourth-order valence-electron chi connectivity index (χ4n) is 2.80. The Kier molecular flexibility index (Phi) is 6.30. The second-order valence-corrected chi connectivity index (χ2v) is 7.41. The first-order valence-corrected chi connectivity index (χ1v) is 9.84. The summed E-state index contributed by atoms with van der Waals surface area (Å²) in [6.45, 7) is 3.35. The number of hydrogen-bond donors (Lipinski definition) is 1. The zero-order valence-corrected chi connectivity index (χ0v) is 16.8. The molecule has 1 aromatic carbocycles. The quantitative estimate of drug-likeness (QED) is 0.587. The number of aromatic nitrogens is 3. The molecule has 0 spiro atoms. The summed E-state index contributed by atoms with van der Waals surface area (Å²) >= 11 is 1.27. The third-order valence-electron chi connectivity index (χ3n) is 4.38. The van der Waals surface area contributed by atoms with Crippen LogP contribution < -0.4 is 5.32 Å². The van der Waals surface area contributed by atoms with Crippen molar-refractivity contribution in [3.8, 4) is 11.4 Å². The number of carbonyl (C=O) groups is 2. The Bertz CT molecular complexity index is 965. The van der Waals surface area contributed by atoms with Crippen molar-refractivity contribution in [2.45, 2.75) is 31.5 Å². The molecule has 0 unspecified atom stereocenters. The summed E-state index contributed by atoms with van der Waals surface area (Å²) in [7, 11) is 1.84. The summed E-state index contributed by atoms with van der Waals surface area (Å²) in [4.78, 5) is 24.3. The highest BCUT2D eigenvalue weighted by atomic mass is 32.2. The molecule has 0 aliphatic carbocycles. The van der Waals surface area contributed by atoms with Gasteiger partial charge in [-0.2, -0.15) is 0 Å². The predicted molar refractivity (Wildman–Crippen MR) is 107 cm³/mol. The van der Waals surface area contributed by atoms with E-state index in [9.17, 15) is 9.59 Å². The SMILES string of the molecule is CC(=O)[C@@H](Cc1ccccc1)NC(=O)CSc1nnc(-c2ccoc2C)n1C. The molecule has 2 heterocycles. The number of nitrogens with zero attached hydrogens (tertiary/aromatic N) is 3. The second-order valence-electron chi connectivity index (χ2n) is 6.46. The van der Waals surface area contributed by atoms with Gasteiger partial charge in [-0.3, -0.25) is 9.59 Å². The molecule has 0 saturated heterocycles. The van der Waals surface area contributed by atoms with E-state index in [4.69, 9.17) is 4.42 Å². The summed E-state index contributed by atoms with van der Waals surface area (Å²) < 4.78 is 7.13. The van der Waals surface area contributed by atoms with Gasteiger partial charge in [-0.05, 0) is 31.9 Å². The third kappa shape index (κ3) is 4.69. The van der Waals surface area contributed by atoms with Crippen LogP contribution in [0.1, 0.15) is 18.2 Å². The van der Waals surface area contributed by atoms with E-state index in [1.54, 1.807) is 6.26 Å². The first-order valence-electron chi connectivity index (χ1n) is 8.86. The summed E-state index contributed by atoms with van der Waals surface area (Å²) in [5.41, 5.74) is 1.87. The molecule has 0 aliphatic rings. The van der Waals surface area contributed by atoms with Gasteiger partial charge in [0, 0.05) is 7.05 Å². The number of nitrogens with one attached hydrogen (secondary N) is 1. The highest BCUT2D eigenvalue weighted by Gasteiger charge is 2.19. The van der Waals surface area contributed by atoms with Gasteiger partial charge in [0.25, 0.3) is 0 Å². The number of furan rings is 1. The van der Waals surface area contributed by atoms with Gasteiger partial charge in [0.15, 0.2) is 16.8 Å². The molecule has 3 rings (SSSR count). The summed E-state index contributed by atoms with van der Waals surface area (Å²) in [5, 5.41) is 11.8. The van der Waals surface area contributed by atoms with Gasteiger partial charge < -0.3 is 14.3 Å². The number of carbonyl (C=O) groups excluding carboxylic acids is 2. The fraction of sp³-hybridized carbons (Fsp3) is 0.300. The van der Waals surface area contributed by atoms with E-state index < -0.39 is 6.04 Å². The molecule has 3 aromatic rings. The number of thioether (sulfide) groups is 1. The average Bonchev–Trinajstić information content (AvgIpc) is 3.25. The largest absolute Gasteiger partial charge is 0.469 e.